The number of hydrogen-bond acceptors (Lipinski definition) is 6. The number of hydrogen-bond donors (Lipinski definition) is 3. The van der Waals surface area contributed by atoms with Crippen molar-refractivity contribution in [2.45, 2.75) is 12.8 Å². The van der Waals surface area contributed by atoms with E-state index < -0.39 is 11.8 Å². The molecule has 2 aromatic carbocycles. The zero-order valence-electron chi connectivity index (χ0n) is 18.7. The van der Waals surface area contributed by atoms with Gasteiger partial charge in [0, 0.05) is 23.9 Å². The second kappa shape index (κ2) is 10.9. The maximum absolute atomic E-state index is 12.8. The van der Waals surface area contributed by atoms with Crippen LogP contribution in [0, 0.1) is 0 Å². The molecule has 9 nitrogen and oxygen atoms in total. The van der Waals surface area contributed by atoms with Crippen LogP contribution in [-0.4, -0.2) is 43.3 Å². The zero-order valence-corrected chi connectivity index (χ0v) is 18.7. The van der Waals surface area contributed by atoms with Crippen molar-refractivity contribution in [2.24, 2.45) is 0 Å². The van der Waals surface area contributed by atoms with Gasteiger partial charge < -0.3 is 24.8 Å². The first kappa shape index (κ1) is 23.4. The van der Waals surface area contributed by atoms with Crippen LogP contribution in [0.3, 0.4) is 0 Å². The van der Waals surface area contributed by atoms with Crippen LogP contribution in [-0.2, 0) is 17.6 Å². The Morgan fingerprint density at radius 3 is 2.27 bits per heavy atom. The number of nitrogens with zero attached hydrogens (tertiary/aromatic N) is 1. The smallest absolute Gasteiger partial charge is 0.258 e. The molecule has 0 aliphatic rings. The first-order valence-electron chi connectivity index (χ1n) is 10.1. The average molecular weight is 450 g/mol. The Morgan fingerprint density at radius 1 is 0.939 bits per heavy atom. The van der Waals surface area contributed by atoms with Gasteiger partial charge in [0.2, 0.25) is 5.91 Å². The standard InChI is InChI=1S/C24H26N4O5/c1-5-23(29)25-21-14-17(31-2)8-9-20(21)24(30)26-22-12-16(27-28-22)7-6-15-10-18(32-3)13-19(11-15)33-4/h5,8-14H,1,6-7H2,2-4H3,(H,25,29)(H2,26,27,28,30). The van der Waals surface area contributed by atoms with E-state index in [-0.39, 0.29) is 5.56 Å². The van der Waals surface area contributed by atoms with Gasteiger partial charge in [0.25, 0.3) is 5.91 Å². The first-order chi connectivity index (χ1) is 15.9. The Kier molecular flexibility index (Phi) is 7.69. The third-order valence-electron chi connectivity index (χ3n) is 4.88. The Hall–Kier alpha value is -4.27. The summed E-state index contributed by atoms with van der Waals surface area (Å²) in [7, 11) is 4.72. The van der Waals surface area contributed by atoms with Gasteiger partial charge in [-0.25, -0.2) is 0 Å². The molecule has 0 bridgehead atoms. The highest BCUT2D eigenvalue weighted by Gasteiger charge is 2.16. The Morgan fingerprint density at radius 2 is 1.64 bits per heavy atom. The molecule has 3 rings (SSSR count). The first-order valence-corrected chi connectivity index (χ1v) is 10.1. The van der Waals surface area contributed by atoms with Crippen LogP contribution in [0.15, 0.2) is 55.1 Å². The number of anilines is 2. The second-order valence-corrected chi connectivity index (χ2v) is 7.06. The van der Waals surface area contributed by atoms with E-state index >= 15 is 0 Å². The minimum Gasteiger partial charge on any atom is -0.497 e. The van der Waals surface area contributed by atoms with Crippen molar-refractivity contribution in [1.29, 1.82) is 0 Å². The molecule has 0 radical (unpaired) electrons. The number of benzene rings is 2. The molecule has 33 heavy (non-hydrogen) atoms. The fourth-order valence-corrected chi connectivity index (χ4v) is 3.16. The van der Waals surface area contributed by atoms with Gasteiger partial charge in [-0.2, -0.15) is 5.10 Å². The number of nitrogens with one attached hydrogen (secondary N) is 3. The van der Waals surface area contributed by atoms with Crippen molar-refractivity contribution in [3.05, 3.63) is 71.9 Å². The van der Waals surface area contributed by atoms with Gasteiger partial charge in [-0.1, -0.05) is 6.58 Å². The van der Waals surface area contributed by atoms with E-state index in [2.05, 4.69) is 27.4 Å². The summed E-state index contributed by atoms with van der Waals surface area (Å²) in [5.74, 6) is 1.46. The fourth-order valence-electron chi connectivity index (χ4n) is 3.16. The minimum absolute atomic E-state index is 0.263. The summed E-state index contributed by atoms with van der Waals surface area (Å²) in [5.41, 5.74) is 2.47. The number of aryl methyl sites for hydroxylation is 2. The molecule has 3 N–H and O–H groups in total. The van der Waals surface area contributed by atoms with E-state index in [1.165, 1.54) is 7.11 Å². The maximum atomic E-state index is 12.8. The quantitative estimate of drug-likeness (QED) is 0.407. The highest BCUT2D eigenvalue weighted by atomic mass is 16.5. The van der Waals surface area contributed by atoms with E-state index in [4.69, 9.17) is 14.2 Å². The van der Waals surface area contributed by atoms with Crippen LogP contribution in [0.2, 0.25) is 0 Å². The molecular formula is C24H26N4O5. The molecule has 172 valence electrons. The van der Waals surface area contributed by atoms with Gasteiger partial charge in [-0.3, -0.25) is 14.7 Å². The predicted octanol–water partition coefficient (Wildman–Crippen LogP) is 3.60. The van der Waals surface area contributed by atoms with Crippen molar-refractivity contribution >= 4 is 23.3 Å². The molecule has 0 atom stereocenters. The monoisotopic (exact) mass is 450 g/mol. The second-order valence-electron chi connectivity index (χ2n) is 7.06. The number of H-pyrrole nitrogens is 1. The molecule has 1 heterocycles. The molecule has 3 aromatic rings. The summed E-state index contributed by atoms with van der Waals surface area (Å²) in [6, 6.07) is 12.2. The Labute approximate surface area is 191 Å². The van der Waals surface area contributed by atoms with Crippen molar-refractivity contribution in [2.75, 3.05) is 32.0 Å². The lowest BCUT2D eigenvalue weighted by molar-refractivity contribution is -0.111. The number of aromatic amines is 1. The van der Waals surface area contributed by atoms with E-state index in [0.29, 0.717) is 23.7 Å². The summed E-state index contributed by atoms with van der Waals surface area (Å²) in [6.07, 6.45) is 2.51. The highest BCUT2D eigenvalue weighted by Crippen LogP contribution is 2.25. The fraction of sp³-hybridized carbons (Fsp3) is 0.208. The van der Waals surface area contributed by atoms with Crippen LogP contribution in [0.1, 0.15) is 21.6 Å². The van der Waals surface area contributed by atoms with E-state index in [1.807, 2.05) is 18.2 Å². The van der Waals surface area contributed by atoms with E-state index in [1.54, 1.807) is 38.5 Å². The zero-order chi connectivity index (χ0) is 23.8. The van der Waals surface area contributed by atoms with Gasteiger partial charge in [0.15, 0.2) is 5.82 Å². The third kappa shape index (κ3) is 6.13. The predicted molar refractivity (Wildman–Crippen MR) is 125 cm³/mol. The largest absolute Gasteiger partial charge is 0.497 e. The molecule has 0 aliphatic heterocycles. The third-order valence-corrected chi connectivity index (χ3v) is 4.88. The lowest BCUT2D eigenvalue weighted by Crippen LogP contribution is -2.17. The maximum Gasteiger partial charge on any atom is 0.258 e. The molecule has 0 spiro atoms. The number of ether oxygens (including phenoxy) is 3. The highest BCUT2D eigenvalue weighted by molar-refractivity contribution is 6.11. The Bertz CT molecular complexity index is 1130. The summed E-state index contributed by atoms with van der Waals surface area (Å²) >= 11 is 0. The SMILES string of the molecule is C=CC(=O)Nc1cc(OC)ccc1C(=O)Nc1cc(CCc2cc(OC)cc(OC)c2)[nH]n1. The van der Waals surface area contributed by atoms with Crippen LogP contribution in [0.25, 0.3) is 0 Å². The van der Waals surface area contributed by atoms with Gasteiger partial charge in [-0.05, 0) is 48.7 Å². The van der Waals surface area contributed by atoms with Crippen molar-refractivity contribution in [3.63, 3.8) is 0 Å². The molecule has 0 fully saturated rings. The molecule has 0 unspecified atom stereocenters. The average Bonchev–Trinajstić information content (AvgIpc) is 3.29. The summed E-state index contributed by atoms with van der Waals surface area (Å²) in [5, 5.41) is 12.5. The lowest BCUT2D eigenvalue weighted by atomic mass is 10.1. The molecule has 9 heteroatoms. The van der Waals surface area contributed by atoms with Crippen LogP contribution in [0.5, 0.6) is 17.2 Å². The number of carbonyl (C=O) groups is 2. The van der Waals surface area contributed by atoms with Crippen LogP contribution < -0.4 is 24.8 Å². The van der Waals surface area contributed by atoms with E-state index in [0.717, 1.165) is 35.3 Å². The molecule has 2 amide bonds. The van der Waals surface area contributed by atoms with Gasteiger partial charge in [0.1, 0.15) is 17.2 Å². The van der Waals surface area contributed by atoms with Crippen LogP contribution >= 0.6 is 0 Å². The number of methoxy groups -OCH3 is 3. The normalized spacial score (nSPS) is 10.3. The van der Waals surface area contributed by atoms with Crippen molar-refractivity contribution in [1.82, 2.24) is 10.2 Å². The number of aromatic nitrogens is 2. The minimum atomic E-state index is -0.437. The molecule has 1 aromatic heterocycles. The van der Waals surface area contributed by atoms with Crippen molar-refractivity contribution in [3.8, 4) is 17.2 Å². The summed E-state index contributed by atoms with van der Waals surface area (Å²) in [6.45, 7) is 3.43. The van der Waals surface area contributed by atoms with Gasteiger partial charge in [0.05, 0.1) is 32.6 Å². The topological polar surface area (TPSA) is 115 Å². The van der Waals surface area contributed by atoms with Crippen molar-refractivity contribution < 1.29 is 23.8 Å². The number of rotatable bonds is 10. The number of carbonyl (C=O) groups excluding carboxylic acids is 2. The summed E-state index contributed by atoms with van der Waals surface area (Å²) < 4.78 is 15.8. The van der Waals surface area contributed by atoms with Gasteiger partial charge in [-0.15, -0.1) is 0 Å². The summed E-state index contributed by atoms with van der Waals surface area (Å²) in [4.78, 5) is 24.6. The van der Waals surface area contributed by atoms with Gasteiger partial charge >= 0.3 is 0 Å². The molecule has 0 aliphatic carbocycles. The Balaban J connectivity index is 1.69. The molecule has 0 saturated carbocycles. The van der Waals surface area contributed by atoms with Crippen LogP contribution in [0.4, 0.5) is 11.5 Å². The number of amides is 2. The molecule has 0 saturated heterocycles. The van der Waals surface area contributed by atoms with E-state index in [9.17, 15) is 9.59 Å². The molecular weight excluding hydrogens is 424 g/mol. The lowest BCUT2D eigenvalue weighted by Gasteiger charge is -2.11.